The van der Waals surface area contributed by atoms with Crippen LogP contribution < -0.4 is 5.32 Å². The van der Waals surface area contributed by atoms with Crippen LogP contribution in [0, 0.1) is 0 Å². The second-order valence-electron chi connectivity index (χ2n) is 4.41. The molecule has 1 saturated heterocycles. The van der Waals surface area contributed by atoms with E-state index < -0.39 is 0 Å². The van der Waals surface area contributed by atoms with E-state index in [4.69, 9.17) is 0 Å². The van der Waals surface area contributed by atoms with Crippen molar-refractivity contribution in [2.45, 2.75) is 31.8 Å². The fraction of sp³-hybridized carbons (Fsp3) is 0.800. The van der Waals surface area contributed by atoms with Crippen LogP contribution >= 0.6 is 0 Å². The Morgan fingerprint density at radius 2 is 2.20 bits per heavy atom. The van der Waals surface area contributed by atoms with Gasteiger partial charge in [-0.3, -0.25) is 14.6 Å². The van der Waals surface area contributed by atoms with E-state index >= 15 is 0 Å². The molecule has 1 aliphatic heterocycles. The van der Waals surface area contributed by atoms with Crippen LogP contribution in [0.15, 0.2) is 0 Å². The molecular formula is C10H17N3O2. The van der Waals surface area contributed by atoms with E-state index in [1.165, 1.54) is 17.7 Å². The van der Waals surface area contributed by atoms with Crippen LogP contribution in [0.4, 0.5) is 4.79 Å². The Bertz CT molecular complexity index is 272. The zero-order chi connectivity index (χ0) is 11.0. The first-order chi connectivity index (χ1) is 7.09. The Morgan fingerprint density at radius 1 is 1.53 bits per heavy atom. The summed E-state index contributed by atoms with van der Waals surface area (Å²) >= 11 is 0. The molecule has 0 aromatic rings. The van der Waals surface area contributed by atoms with Crippen molar-refractivity contribution in [2.24, 2.45) is 0 Å². The zero-order valence-corrected chi connectivity index (χ0v) is 9.19. The SMILES string of the molecule is CC(CN1C(=O)CNC1=O)N(C)C1CC1. The number of rotatable bonds is 4. The highest BCUT2D eigenvalue weighted by Crippen LogP contribution is 2.27. The van der Waals surface area contributed by atoms with Gasteiger partial charge in [0.15, 0.2) is 0 Å². The number of hydrogen-bond acceptors (Lipinski definition) is 3. The number of carbonyl (C=O) groups excluding carboxylic acids is 2. The third kappa shape index (κ3) is 2.12. The van der Waals surface area contributed by atoms with Gasteiger partial charge in [-0.05, 0) is 26.8 Å². The molecule has 0 aromatic heterocycles. The van der Waals surface area contributed by atoms with Crippen LogP contribution in [0.25, 0.3) is 0 Å². The van der Waals surface area contributed by atoms with Crippen LogP contribution in [0.5, 0.6) is 0 Å². The molecule has 1 saturated carbocycles. The van der Waals surface area contributed by atoms with Crippen molar-refractivity contribution in [1.29, 1.82) is 0 Å². The van der Waals surface area contributed by atoms with Crippen molar-refractivity contribution in [3.05, 3.63) is 0 Å². The Balaban J connectivity index is 1.89. The minimum Gasteiger partial charge on any atom is -0.329 e. The predicted octanol–water partition coefficient (Wildman–Crippen LogP) is 0.0209. The maximum atomic E-state index is 11.4. The van der Waals surface area contributed by atoms with E-state index in [0.29, 0.717) is 12.6 Å². The molecule has 84 valence electrons. The average Bonchev–Trinajstić information content (AvgIpc) is 3.00. The number of imide groups is 1. The van der Waals surface area contributed by atoms with Gasteiger partial charge in [-0.1, -0.05) is 0 Å². The number of likely N-dealkylation sites (N-methyl/N-ethyl adjacent to an activating group) is 1. The maximum absolute atomic E-state index is 11.4. The molecule has 1 unspecified atom stereocenters. The summed E-state index contributed by atoms with van der Waals surface area (Å²) in [4.78, 5) is 26.2. The summed E-state index contributed by atoms with van der Waals surface area (Å²) in [7, 11) is 2.06. The van der Waals surface area contributed by atoms with Gasteiger partial charge in [0.2, 0.25) is 5.91 Å². The smallest absolute Gasteiger partial charge is 0.324 e. The second kappa shape index (κ2) is 3.81. The molecule has 0 radical (unpaired) electrons. The van der Waals surface area contributed by atoms with Gasteiger partial charge in [0.1, 0.15) is 0 Å². The lowest BCUT2D eigenvalue weighted by Gasteiger charge is -2.27. The monoisotopic (exact) mass is 211 g/mol. The summed E-state index contributed by atoms with van der Waals surface area (Å²) in [5, 5.41) is 2.53. The molecule has 2 rings (SSSR count). The second-order valence-corrected chi connectivity index (χ2v) is 4.41. The van der Waals surface area contributed by atoms with Crippen LogP contribution in [-0.2, 0) is 4.79 Å². The predicted molar refractivity (Wildman–Crippen MR) is 55.4 cm³/mol. The molecule has 2 aliphatic rings. The molecule has 0 spiro atoms. The largest absolute Gasteiger partial charge is 0.329 e. The Labute approximate surface area is 89.4 Å². The van der Waals surface area contributed by atoms with Crippen LogP contribution in [0.2, 0.25) is 0 Å². The minimum atomic E-state index is -0.254. The maximum Gasteiger partial charge on any atom is 0.324 e. The molecule has 1 heterocycles. The van der Waals surface area contributed by atoms with Gasteiger partial charge < -0.3 is 5.32 Å². The summed E-state index contributed by atoms with van der Waals surface area (Å²) in [6.07, 6.45) is 2.47. The van der Waals surface area contributed by atoms with Gasteiger partial charge in [0.25, 0.3) is 0 Å². The summed E-state index contributed by atoms with van der Waals surface area (Å²) < 4.78 is 0. The number of nitrogens with one attached hydrogen (secondary N) is 1. The Kier molecular flexibility index (Phi) is 2.65. The Hall–Kier alpha value is -1.10. The lowest BCUT2D eigenvalue weighted by atomic mass is 10.2. The number of hydrogen-bond donors (Lipinski definition) is 1. The zero-order valence-electron chi connectivity index (χ0n) is 9.19. The molecule has 2 fully saturated rings. The number of carbonyl (C=O) groups is 2. The fourth-order valence-corrected chi connectivity index (χ4v) is 1.87. The van der Waals surface area contributed by atoms with E-state index in [1.807, 2.05) is 0 Å². The topological polar surface area (TPSA) is 52.7 Å². The van der Waals surface area contributed by atoms with Crippen molar-refractivity contribution in [2.75, 3.05) is 20.1 Å². The molecule has 0 aromatic carbocycles. The number of amides is 3. The van der Waals surface area contributed by atoms with Gasteiger partial charge in [0, 0.05) is 18.6 Å². The average molecular weight is 211 g/mol. The lowest BCUT2D eigenvalue weighted by molar-refractivity contribution is -0.125. The molecule has 15 heavy (non-hydrogen) atoms. The minimum absolute atomic E-state index is 0.115. The van der Waals surface area contributed by atoms with Crippen molar-refractivity contribution >= 4 is 11.9 Å². The van der Waals surface area contributed by atoms with E-state index in [-0.39, 0.29) is 24.5 Å². The van der Waals surface area contributed by atoms with Crippen LogP contribution in [0.3, 0.4) is 0 Å². The van der Waals surface area contributed by atoms with Gasteiger partial charge in [0.05, 0.1) is 6.54 Å². The first-order valence-corrected chi connectivity index (χ1v) is 5.39. The fourth-order valence-electron chi connectivity index (χ4n) is 1.87. The lowest BCUT2D eigenvalue weighted by Crippen LogP contribution is -2.44. The summed E-state index contributed by atoms with van der Waals surface area (Å²) in [6.45, 7) is 2.70. The molecule has 5 heteroatoms. The van der Waals surface area contributed by atoms with Gasteiger partial charge in [-0.2, -0.15) is 0 Å². The molecular weight excluding hydrogens is 194 g/mol. The van der Waals surface area contributed by atoms with Crippen molar-refractivity contribution in [3.8, 4) is 0 Å². The highest BCUT2D eigenvalue weighted by Gasteiger charge is 2.34. The molecule has 0 bridgehead atoms. The van der Waals surface area contributed by atoms with E-state index in [9.17, 15) is 9.59 Å². The van der Waals surface area contributed by atoms with E-state index in [2.05, 4.69) is 24.2 Å². The van der Waals surface area contributed by atoms with Gasteiger partial charge in [-0.25, -0.2) is 4.79 Å². The van der Waals surface area contributed by atoms with Gasteiger partial charge in [-0.15, -0.1) is 0 Å². The van der Waals surface area contributed by atoms with Crippen LogP contribution in [0.1, 0.15) is 19.8 Å². The van der Waals surface area contributed by atoms with Crippen molar-refractivity contribution < 1.29 is 9.59 Å². The molecule has 1 N–H and O–H groups in total. The summed E-state index contributed by atoms with van der Waals surface area (Å²) in [5.41, 5.74) is 0. The first-order valence-electron chi connectivity index (χ1n) is 5.39. The highest BCUT2D eigenvalue weighted by atomic mass is 16.2. The molecule has 3 amide bonds. The molecule has 1 atom stereocenters. The molecule has 1 aliphatic carbocycles. The van der Waals surface area contributed by atoms with Crippen molar-refractivity contribution in [3.63, 3.8) is 0 Å². The number of urea groups is 1. The van der Waals surface area contributed by atoms with Crippen LogP contribution in [-0.4, -0.2) is 54.0 Å². The first kappa shape index (κ1) is 10.4. The van der Waals surface area contributed by atoms with Crippen molar-refractivity contribution in [1.82, 2.24) is 15.1 Å². The molecule has 5 nitrogen and oxygen atoms in total. The third-order valence-electron chi connectivity index (χ3n) is 3.20. The van der Waals surface area contributed by atoms with Gasteiger partial charge >= 0.3 is 6.03 Å². The summed E-state index contributed by atoms with van der Waals surface area (Å²) in [5.74, 6) is -0.115. The normalized spacial score (nSPS) is 23.5. The quantitative estimate of drug-likeness (QED) is 0.667. The third-order valence-corrected chi connectivity index (χ3v) is 3.20. The Morgan fingerprint density at radius 3 is 2.67 bits per heavy atom. The number of nitrogens with zero attached hydrogens (tertiary/aromatic N) is 2. The highest BCUT2D eigenvalue weighted by molar-refractivity contribution is 6.01. The van der Waals surface area contributed by atoms with E-state index in [0.717, 1.165) is 0 Å². The standard InChI is InChI=1S/C10H17N3O2/c1-7(12(2)8-3-4-8)6-13-9(14)5-11-10(13)15/h7-8H,3-6H2,1-2H3,(H,11,15). The summed E-state index contributed by atoms with van der Waals surface area (Å²) in [6, 6.07) is 0.641. The van der Waals surface area contributed by atoms with E-state index in [1.54, 1.807) is 0 Å².